The molecular weight excluding hydrogens is 350 g/mol. The van der Waals surface area contributed by atoms with Gasteiger partial charge in [0.25, 0.3) is 0 Å². The number of benzene rings is 2. The SMILES string of the molecule is COc1ccc(CC(C)(C)NCC(COc2ccccc2)OC)cc1.Cl. The van der Waals surface area contributed by atoms with Gasteiger partial charge in [0.05, 0.1) is 7.11 Å². The normalized spacial score (nSPS) is 12.2. The van der Waals surface area contributed by atoms with Crippen LogP contribution >= 0.6 is 12.4 Å². The molecule has 2 rings (SSSR count). The molecule has 0 spiro atoms. The summed E-state index contributed by atoms with van der Waals surface area (Å²) in [7, 11) is 3.40. The lowest BCUT2D eigenvalue weighted by molar-refractivity contribution is 0.0529. The molecule has 26 heavy (non-hydrogen) atoms. The zero-order valence-corrected chi connectivity index (χ0v) is 16.8. The summed E-state index contributed by atoms with van der Waals surface area (Å²) in [6.07, 6.45) is 0.919. The Morgan fingerprint density at radius 1 is 0.923 bits per heavy atom. The smallest absolute Gasteiger partial charge is 0.119 e. The quantitative estimate of drug-likeness (QED) is 0.674. The van der Waals surface area contributed by atoms with Crippen LogP contribution in [0.3, 0.4) is 0 Å². The zero-order chi connectivity index (χ0) is 18.1. The summed E-state index contributed by atoms with van der Waals surface area (Å²) in [5.74, 6) is 1.74. The molecule has 0 bridgehead atoms. The van der Waals surface area contributed by atoms with Crippen molar-refractivity contribution >= 4 is 12.4 Å². The largest absolute Gasteiger partial charge is 0.497 e. The molecule has 2 aromatic carbocycles. The van der Waals surface area contributed by atoms with Crippen LogP contribution in [-0.4, -0.2) is 39.0 Å². The van der Waals surface area contributed by atoms with Gasteiger partial charge in [-0.1, -0.05) is 30.3 Å². The first kappa shape index (κ1) is 22.3. The summed E-state index contributed by atoms with van der Waals surface area (Å²) in [5, 5.41) is 3.59. The van der Waals surface area contributed by atoms with Gasteiger partial charge in [0.2, 0.25) is 0 Å². The second-order valence-corrected chi connectivity index (χ2v) is 6.77. The van der Waals surface area contributed by atoms with Crippen molar-refractivity contribution in [3.63, 3.8) is 0 Å². The average molecular weight is 380 g/mol. The van der Waals surface area contributed by atoms with Gasteiger partial charge in [-0.05, 0) is 50.1 Å². The molecule has 0 aromatic heterocycles. The van der Waals surface area contributed by atoms with E-state index in [0.29, 0.717) is 6.61 Å². The van der Waals surface area contributed by atoms with E-state index < -0.39 is 0 Å². The molecule has 0 saturated carbocycles. The molecule has 0 aliphatic carbocycles. The molecule has 0 aliphatic heterocycles. The van der Waals surface area contributed by atoms with Crippen LogP contribution in [0.2, 0.25) is 0 Å². The average Bonchev–Trinajstić information content (AvgIpc) is 2.63. The van der Waals surface area contributed by atoms with Gasteiger partial charge in [-0.3, -0.25) is 0 Å². The van der Waals surface area contributed by atoms with Crippen LogP contribution in [0.4, 0.5) is 0 Å². The third-order valence-corrected chi connectivity index (χ3v) is 4.13. The molecule has 1 unspecified atom stereocenters. The number of methoxy groups -OCH3 is 2. The van der Waals surface area contributed by atoms with Crippen LogP contribution in [0, 0.1) is 0 Å². The maximum atomic E-state index is 5.79. The van der Waals surface area contributed by atoms with E-state index in [1.807, 2.05) is 42.5 Å². The van der Waals surface area contributed by atoms with Crippen LogP contribution in [-0.2, 0) is 11.2 Å². The molecule has 2 aromatic rings. The molecule has 0 saturated heterocycles. The number of nitrogens with one attached hydrogen (secondary N) is 1. The Balaban J connectivity index is 0.00000338. The maximum absolute atomic E-state index is 5.79. The van der Waals surface area contributed by atoms with Crippen LogP contribution < -0.4 is 14.8 Å². The molecule has 0 aliphatic rings. The minimum Gasteiger partial charge on any atom is -0.497 e. The van der Waals surface area contributed by atoms with E-state index in [-0.39, 0.29) is 24.0 Å². The van der Waals surface area contributed by atoms with E-state index in [1.54, 1.807) is 14.2 Å². The standard InChI is InChI=1S/C21H29NO3.ClH/c1-21(2,14-17-10-12-18(23-3)13-11-17)22-15-20(24-4)16-25-19-8-6-5-7-9-19;/h5-13,20,22H,14-16H2,1-4H3;1H. The Hall–Kier alpha value is -1.75. The van der Waals surface area contributed by atoms with Crippen LogP contribution in [0.15, 0.2) is 54.6 Å². The molecular formula is C21H30ClNO3. The fourth-order valence-electron chi connectivity index (χ4n) is 2.62. The number of ether oxygens (including phenoxy) is 3. The van der Waals surface area contributed by atoms with Crippen molar-refractivity contribution in [1.29, 1.82) is 0 Å². The number of para-hydroxylation sites is 1. The van der Waals surface area contributed by atoms with Gasteiger partial charge in [-0.15, -0.1) is 12.4 Å². The third kappa shape index (κ3) is 7.65. The van der Waals surface area contributed by atoms with Gasteiger partial charge in [-0.25, -0.2) is 0 Å². The van der Waals surface area contributed by atoms with Crippen LogP contribution in [0.1, 0.15) is 19.4 Å². The first-order valence-corrected chi connectivity index (χ1v) is 8.61. The fourth-order valence-corrected chi connectivity index (χ4v) is 2.62. The van der Waals surface area contributed by atoms with Crippen molar-refractivity contribution < 1.29 is 14.2 Å². The minimum absolute atomic E-state index is 0. The highest BCUT2D eigenvalue weighted by molar-refractivity contribution is 5.85. The summed E-state index contributed by atoms with van der Waals surface area (Å²) >= 11 is 0. The van der Waals surface area contributed by atoms with Gasteiger partial charge >= 0.3 is 0 Å². The summed E-state index contributed by atoms with van der Waals surface area (Å²) in [6.45, 7) is 5.64. The van der Waals surface area contributed by atoms with Crippen molar-refractivity contribution in [1.82, 2.24) is 5.32 Å². The van der Waals surface area contributed by atoms with Crippen LogP contribution in [0.25, 0.3) is 0 Å². The Morgan fingerprint density at radius 2 is 1.58 bits per heavy atom. The second kappa shape index (κ2) is 11.1. The first-order chi connectivity index (χ1) is 12.0. The lowest BCUT2D eigenvalue weighted by atomic mass is 9.94. The number of rotatable bonds is 10. The van der Waals surface area contributed by atoms with E-state index in [2.05, 4.69) is 31.3 Å². The van der Waals surface area contributed by atoms with E-state index in [4.69, 9.17) is 14.2 Å². The second-order valence-electron chi connectivity index (χ2n) is 6.77. The molecule has 5 heteroatoms. The summed E-state index contributed by atoms with van der Waals surface area (Å²) in [6, 6.07) is 18.0. The van der Waals surface area contributed by atoms with Crippen molar-refractivity contribution in [2.45, 2.75) is 31.9 Å². The topological polar surface area (TPSA) is 39.7 Å². The highest BCUT2D eigenvalue weighted by Gasteiger charge is 2.20. The van der Waals surface area contributed by atoms with E-state index >= 15 is 0 Å². The lowest BCUT2D eigenvalue weighted by Crippen LogP contribution is -2.46. The van der Waals surface area contributed by atoms with E-state index in [9.17, 15) is 0 Å². The summed E-state index contributed by atoms with van der Waals surface area (Å²) in [5.41, 5.74) is 1.23. The molecule has 0 fully saturated rings. The molecule has 1 N–H and O–H groups in total. The van der Waals surface area contributed by atoms with Gasteiger partial charge in [-0.2, -0.15) is 0 Å². The maximum Gasteiger partial charge on any atom is 0.119 e. The molecule has 0 heterocycles. The summed E-state index contributed by atoms with van der Waals surface area (Å²) in [4.78, 5) is 0. The van der Waals surface area contributed by atoms with Gasteiger partial charge in [0.1, 0.15) is 24.2 Å². The monoisotopic (exact) mass is 379 g/mol. The van der Waals surface area contributed by atoms with E-state index in [0.717, 1.165) is 24.5 Å². The highest BCUT2D eigenvalue weighted by atomic mass is 35.5. The van der Waals surface area contributed by atoms with Crippen molar-refractivity contribution in [3.8, 4) is 11.5 Å². The molecule has 0 amide bonds. The summed E-state index contributed by atoms with van der Waals surface area (Å²) < 4.78 is 16.5. The van der Waals surface area contributed by atoms with Crippen molar-refractivity contribution in [3.05, 3.63) is 60.2 Å². The Morgan fingerprint density at radius 3 is 2.15 bits per heavy atom. The van der Waals surface area contributed by atoms with Gasteiger partial charge in [0.15, 0.2) is 0 Å². The Kier molecular flexibility index (Phi) is 9.49. The zero-order valence-electron chi connectivity index (χ0n) is 16.0. The predicted molar refractivity (Wildman–Crippen MR) is 109 cm³/mol. The van der Waals surface area contributed by atoms with Gasteiger partial charge < -0.3 is 19.5 Å². The lowest BCUT2D eigenvalue weighted by Gasteiger charge is -2.29. The van der Waals surface area contributed by atoms with Gasteiger partial charge in [0, 0.05) is 19.2 Å². The highest BCUT2D eigenvalue weighted by Crippen LogP contribution is 2.17. The Bertz CT molecular complexity index is 617. The van der Waals surface area contributed by atoms with E-state index in [1.165, 1.54) is 5.56 Å². The molecule has 144 valence electrons. The molecule has 0 radical (unpaired) electrons. The predicted octanol–water partition coefficient (Wildman–Crippen LogP) is 4.12. The Labute approximate surface area is 163 Å². The third-order valence-electron chi connectivity index (χ3n) is 4.13. The fraction of sp³-hybridized carbons (Fsp3) is 0.429. The first-order valence-electron chi connectivity index (χ1n) is 8.61. The number of hydrogen-bond acceptors (Lipinski definition) is 4. The van der Waals surface area contributed by atoms with Crippen molar-refractivity contribution in [2.75, 3.05) is 27.4 Å². The molecule has 1 atom stereocenters. The number of hydrogen-bond donors (Lipinski definition) is 1. The van der Waals surface area contributed by atoms with Crippen LogP contribution in [0.5, 0.6) is 11.5 Å². The number of halogens is 1. The minimum atomic E-state index is -0.0435. The molecule has 4 nitrogen and oxygen atoms in total. The van der Waals surface area contributed by atoms with Crippen molar-refractivity contribution in [2.24, 2.45) is 0 Å².